The predicted molar refractivity (Wildman–Crippen MR) is 201 cm³/mol. The van der Waals surface area contributed by atoms with Gasteiger partial charge in [-0.15, -0.1) is 0 Å². The van der Waals surface area contributed by atoms with E-state index in [-0.39, 0.29) is 0 Å². The van der Waals surface area contributed by atoms with Crippen LogP contribution in [0.15, 0.2) is 188 Å². The predicted octanol–water partition coefficient (Wildman–Crippen LogP) is 12.8. The molecule has 0 aromatic heterocycles. The van der Waals surface area contributed by atoms with E-state index in [1.807, 2.05) is 0 Å². The van der Waals surface area contributed by atoms with Crippen molar-refractivity contribution in [3.8, 4) is 11.1 Å². The molecule has 0 N–H and O–H groups in total. The van der Waals surface area contributed by atoms with Gasteiger partial charge in [0.05, 0.1) is 0 Å². The van der Waals surface area contributed by atoms with Crippen molar-refractivity contribution in [2.75, 3.05) is 9.80 Å². The summed E-state index contributed by atoms with van der Waals surface area (Å²) < 4.78 is 0. The van der Waals surface area contributed by atoms with Gasteiger partial charge in [-0.1, -0.05) is 133 Å². The van der Waals surface area contributed by atoms with Crippen molar-refractivity contribution in [1.82, 2.24) is 0 Å². The molecule has 2 heteroatoms. The molecular formula is C45H36N2. The van der Waals surface area contributed by atoms with Gasteiger partial charge in [-0.3, -0.25) is 0 Å². The quantitative estimate of drug-likeness (QED) is 0.151. The SMILES string of the molecule is Cc1ccc(N(c2ccccc2)c2ccc(C=Cc3ccc(-c4ccc(N(c5ccccc5)c5ccccc5)cc4)cc3)cc2)cc1. The van der Waals surface area contributed by atoms with E-state index in [1.54, 1.807) is 0 Å². The molecule has 47 heavy (non-hydrogen) atoms. The maximum absolute atomic E-state index is 2.29. The smallest absolute Gasteiger partial charge is 0.0462 e. The van der Waals surface area contributed by atoms with Crippen molar-refractivity contribution < 1.29 is 0 Å². The van der Waals surface area contributed by atoms with Gasteiger partial charge in [-0.05, 0) is 102 Å². The highest BCUT2D eigenvalue weighted by atomic mass is 15.1. The Morgan fingerprint density at radius 3 is 0.957 bits per heavy atom. The second-order valence-electron chi connectivity index (χ2n) is 11.6. The molecule has 0 radical (unpaired) electrons. The van der Waals surface area contributed by atoms with E-state index in [2.05, 4.69) is 217 Å². The molecule has 0 saturated heterocycles. The van der Waals surface area contributed by atoms with Crippen LogP contribution in [-0.2, 0) is 0 Å². The first kappa shape index (κ1) is 29.6. The Kier molecular flexibility index (Phi) is 8.74. The summed E-state index contributed by atoms with van der Waals surface area (Å²) >= 11 is 0. The first-order valence-electron chi connectivity index (χ1n) is 16.0. The number of rotatable bonds is 9. The summed E-state index contributed by atoms with van der Waals surface area (Å²) in [7, 11) is 0. The molecule has 7 rings (SSSR count). The summed E-state index contributed by atoms with van der Waals surface area (Å²) in [6.07, 6.45) is 4.35. The van der Waals surface area contributed by atoms with Crippen molar-refractivity contribution in [2.24, 2.45) is 0 Å². The maximum atomic E-state index is 2.29. The molecule has 2 nitrogen and oxygen atoms in total. The normalized spacial score (nSPS) is 11.0. The number of benzene rings is 7. The van der Waals surface area contributed by atoms with Gasteiger partial charge in [0, 0.05) is 34.1 Å². The highest BCUT2D eigenvalue weighted by molar-refractivity contribution is 5.80. The van der Waals surface area contributed by atoms with E-state index < -0.39 is 0 Å². The number of para-hydroxylation sites is 3. The van der Waals surface area contributed by atoms with Gasteiger partial charge in [0.2, 0.25) is 0 Å². The standard InChI is InChI=1S/C45H36N2/c1-35-17-29-43(30-18-35)47(42-15-9-4-10-16-42)44-31-23-37(24-32-44)20-19-36-21-25-38(26-22-36)39-27-33-45(34-28-39)46(40-11-5-2-6-12-40)41-13-7-3-8-14-41/h2-34H,1H3. The van der Waals surface area contributed by atoms with E-state index in [0.717, 1.165) is 39.7 Å². The van der Waals surface area contributed by atoms with Crippen LogP contribution in [0.5, 0.6) is 0 Å². The van der Waals surface area contributed by atoms with Gasteiger partial charge in [0.1, 0.15) is 0 Å². The van der Waals surface area contributed by atoms with Crippen molar-refractivity contribution in [1.29, 1.82) is 0 Å². The van der Waals surface area contributed by atoms with E-state index in [4.69, 9.17) is 0 Å². The minimum Gasteiger partial charge on any atom is -0.311 e. The van der Waals surface area contributed by atoms with Gasteiger partial charge < -0.3 is 9.80 Å². The van der Waals surface area contributed by atoms with Crippen LogP contribution in [0.3, 0.4) is 0 Å². The second kappa shape index (κ2) is 13.9. The topological polar surface area (TPSA) is 6.48 Å². The molecule has 0 amide bonds. The number of hydrogen-bond acceptors (Lipinski definition) is 2. The van der Waals surface area contributed by atoms with Gasteiger partial charge >= 0.3 is 0 Å². The van der Waals surface area contributed by atoms with Gasteiger partial charge in [0.15, 0.2) is 0 Å². The fourth-order valence-electron chi connectivity index (χ4n) is 5.84. The Hall–Kier alpha value is -6.12. The molecule has 0 aliphatic heterocycles. The van der Waals surface area contributed by atoms with Crippen molar-refractivity contribution >= 4 is 46.3 Å². The number of hydrogen-bond donors (Lipinski definition) is 0. The molecule has 7 aromatic carbocycles. The van der Waals surface area contributed by atoms with Crippen molar-refractivity contribution in [3.63, 3.8) is 0 Å². The Bertz CT molecular complexity index is 1990. The van der Waals surface area contributed by atoms with Gasteiger partial charge in [-0.2, -0.15) is 0 Å². The number of aryl methyl sites for hydroxylation is 1. The lowest BCUT2D eigenvalue weighted by atomic mass is 10.0. The first-order chi connectivity index (χ1) is 23.2. The first-order valence-corrected chi connectivity index (χ1v) is 16.0. The Balaban J connectivity index is 1.06. The van der Waals surface area contributed by atoms with E-state index in [1.165, 1.54) is 22.3 Å². The highest BCUT2D eigenvalue weighted by Gasteiger charge is 2.13. The fourth-order valence-corrected chi connectivity index (χ4v) is 5.84. The Morgan fingerprint density at radius 2 is 0.574 bits per heavy atom. The summed E-state index contributed by atoms with van der Waals surface area (Å²) in [5, 5.41) is 0. The van der Waals surface area contributed by atoms with Gasteiger partial charge in [-0.25, -0.2) is 0 Å². The molecule has 7 aromatic rings. The molecule has 0 bridgehead atoms. The third-order valence-corrected chi connectivity index (χ3v) is 8.32. The maximum Gasteiger partial charge on any atom is 0.0462 e. The zero-order valence-corrected chi connectivity index (χ0v) is 26.4. The lowest BCUT2D eigenvalue weighted by Crippen LogP contribution is -2.09. The van der Waals surface area contributed by atoms with Crippen LogP contribution in [0.1, 0.15) is 16.7 Å². The minimum atomic E-state index is 1.13. The summed E-state index contributed by atoms with van der Waals surface area (Å²) in [6, 6.07) is 66.5. The zero-order valence-electron chi connectivity index (χ0n) is 26.4. The van der Waals surface area contributed by atoms with Crippen LogP contribution >= 0.6 is 0 Å². The molecule has 226 valence electrons. The van der Waals surface area contributed by atoms with Crippen molar-refractivity contribution in [3.05, 3.63) is 205 Å². The monoisotopic (exact) mass is 604 g/mol. The van der Waals surface area contributed by atoms with Crippen LogP contribution in [0.2, 0.25) is 0 Å². The molecule has 0 aliphatic rings. The zero-order chi connectivity index (χ0) is 31.8. The molecule has 0 unspecified atom stereocenters. The third-order valence-electron chi connectivity index (χ3n) is 8.32. The molecule has 0 heterocycles. The largest absolute Gasteiger partial charge is 0.311 e. The van der Waals surface area contributed by atoms with Crippen LogP contribution < -0.4 is 9.80 Å². The summed E-state index contributed by atoms with van der Waals surface area (Å²) in [6.45, 7) is 2.12. The van der Waals surface area contributed by atoms with E-state index >= 15 is 0 Å². The molecule has 0 saturated carbocycles. The average molecular weight is 605 g/mol. The Morgan fingerprint density at radius 1 is 0.298 bits per heavy atom. The molecule has 0 spiro atoms. The van der Waals surface area contributed by atoms with Crippen LogP contribution in [0.4, 0.5) is 34.1 Å². The Labute approximate surface area is 278 Å². The molecule has 0 fully saturated rings. The van der Waals surface area contributed by atoms with Crippen molar-refractivity contribution in [2.45, 2.75) is 6.92 Å². The number of nitrogens with zero attached hydrogens (tertiary/aromatic N) is 2. The summed E-state index contributed by atoms with van der Waals surface area (Å²) in [5.41, 5.74) is 12.8. The van der Waals surface area contributed by atoms with E-state index in [0.29, 0.717) is 0 Å². The lowest BCUT2D eigenvalue weighted by molar-refractivity contribution is 1.27. The number of anilines is 6. The molecule has 0 atom stereocenters. The fraction of sp³-hybridized carbons (Fsp3) is 0.0222. The molecular weight excluding hydrogens is 569 g/mol. The minimum absolute atomic E-state index is 1.13. The lowest BCUT2D eigenvalue weighted by Gasteiger charge is -2.25. The third kappa shape index (κ3) is 6.93. The van der Waals surface area contributed by atoms with Crippen LogP contribution in [0, 0.1) is 6.92 Å². The van der Waals surface area contributed by atoms with Gasteiger partial charge in [0.25, 0.3) is 0 Å². The van der Waals surface area contributed by atoms with Crippen LogP contribution in [-0.4, -0.2) is 0 Å². The summed E-state index contributed by atoms with van der Waals surface area (Å²) in [4.78, 5) is 4.57. The summed E-state index contributed by atoms with van der Waals surface area (Å²) in [5.74, 6) is 0. The second-order valence-corrected chi connectivity index (χ2v) is 11.6. The van der Waals surface area contributed by atoms with E-state index in [9.17, 15) is 0 Å². The highest BCUT2D eigenvalue weighted by Crippen LogP contribution is 2.36. The van der Waals surface area contributed by atoms with Crippen LogP contribution in [0.25, 0.3) is 23.3 Å². The molecule has 0 aliphatic carbocycles. The average Bonchev–Trinajstić information content (AvgIpc) is 3.14.